The van der Waals surface area contributed by atoms with Crippen LogP contribution in [0.5, 0.6) is 5.75 Å². The van der Waals surface area contributed by atoms with Gasteiger partial charge < -0.3 is 10.1 Å². The second-order valence-electron chi connectivity index (χ2n) is 6.57. The smallest absolute Gasteiger partial charge is 0.255 e. The lowest BCUT2D eigenvalue weighted by Gasteiger charge is -2.11. The van der Waals surface area contributed by atoms with E-state index in [1.807, 2.05) is 42.8 Å². The van der Waals surface area contributed by atoms with E-state index in [1.165, 1.54) is 0 Å². The van der Waals surface area contributed by atoms with Gasteiger partial charge in [0.15, 0.2) is 0 Å². The fraction of sp³-hybridized carbons (Fsp3) is 0.474. The van der Waals surface area contributed by atoms with Gasteiger partial charge in [-0.1, -0.05) is 6.92 Å². The molecule has 1 amide bonds. The molecule has 0 bridgehead atoms. The number of aromatic nitrogens is 2. The van der Waals surface area contributed by atoms with E-state index in [2.05, 4.69) is 12.2 Å². The van der Waals surface area contributed by atoms with Crippen molar-refractivity contribution in [3.05, 3.63) is 41.2 Å². The number of nitrogens with one attached hydrogen (secondary N) is 1. The normalized spacial score (nSPS) is 14.0. The maximum Gasteiger partial charge on any atom is 0.255 e. The monoisotopic (exact) mass is 327 g/mol. The van der Waals surface area contributed by atoms with Gasteiger partial charge in [-0.25, -0.2) is 4.68 Å². The number of hydrogen-bond donors (Lipinski definition) is 1. The van der Waals surface area contributed by atoms with Gasteiger partial charge in [0, 0.05) is 12.0 Å². The number of carbonyl (C=O) groups excluding carboxylic acids is 1. The number of methoxy groups -OCH3 is 1. The third-order valence-electron chi connectivity index (χ3n) is 4.27. The summed E-state index contributed by atoms with van der Waals surface area (Å²) < 4.78 is 7.15. The van der Waals surface area contributed by atoms with Crippen LogP contribution in [0.15, 0.2) is 24.3 Å². The number of nitrogens with zero attached hydrogens (tertiary/aromatic N) is 2. The van der Waals surface area contributed by atoms with Crippen LogP contribution in [0.2, 0.25) is 0 Å². The number of hydrogen-bond acceptors (Lipinski definition) is 3. The van der Waals surface area contributed by atoms with E-state index in [4.69, 9.17) is 9.84 Å². The molecule has 1 aromatic carbocycles. The van der Waals surface area contributed by atoms with Gasteiger partial charge in [-0.05, 0) is 57.4 Å². The zero-order valence-corrected chi connectivity index (χ0v) is 14.8. The summed E-state index contributed by atoms with van der Waals surface area (Å²) in [6, 6.07) is 7.90. The zero-order chi connectivity index (χ0) is 17.3. The summed E-state index contributed by atoms with van der Waals surface area (Å²) in [5, 5.41) is 7.84. The van der Waals surface area contributed by atoms with Crippen LogP contribution in [0.25, 0.3) is 5.69 Å². The highest BCUT2D eigenvalue weighted by molar-refractivity contribution is 5.97. The Morgan fingerprint density at radius 3 is 2.50 bits per heavy atom. The third-order valence-corrected chi connectivity index (χ3v) is 4.27. The molecule has 2 aromatic rings. The van der Waals surface area contributed by atoms with Crippen LogP contribution in [0, 0.1) is 0 Å². The standard InChI is InChI=1S/C19H25N3O2/c1-5-16-17(19(23)20-12(2)3)18(13-6-7-13)21-22(16)14-8-10-15(24-4)11-9-14/h8-13H,5-7H2,1-4H3,(H,20,23). The van der Waals surface area contributed by atoms with Crippen molar-refractivity contribution in [2.75, 3.05) is 7.11 Å². The molecule has 0 spiro atoms. The molecule has 1 aliphatic rings. The second-order valence-corrected chi connectivity index (χ2v) is 6.57. The molecular formula is C19H25N3O2. The number of amides is 1. The minimum absolute atomic E-state index is 0.0106. The van der Waals surface area contributed by atoms with Crippen LogP contribution >= 0.6 is 0 Å². The average Bonchev–Trinajstić information content (AvgIpc) is 3.34. The van der Waals surface area contributed by atoms with Crippen LogP contribution in [0.4, 0.5) is 0 Å². The Balaban J connectivity index is 2.07. The van der Waals surface area contributed by atoms with E-state index in [-0.39, 0.29) is 11.9 Å². The van der Waals surface area contributed by atoms with Gasteiger partial charge in [0.1, 0.15) is 5.75 Å². The highest BCUT2D eigenvalue weighted by atomic mass is 16.5. The first kappa shape index (κ1) is 16.6. The highest BCUT2D eigenvalue weighted by Crippen LogP contribution is 2.42. The van der Waals surface area contributed by atoms with Crippen molar-refractivity contribution in [3.63, 3.8) is 0 Å². The van der Waals surface area contributed by atoms with Crippen molar-refractivity contribution in [2.24, 2.45) is 0 Å². The Hall–Kier alpha value is -2.30. The molecule has 1 fully saturated rings. The van der Waals surface area contributed by atoms with E-state index < -0.39 is 0 Å². The SMILES string of the molecule is CCc1c(C(=O)NC(C)C)c(C2CC2)nn1-c1ccc(OC)cc1. The summed E-state index contributed by atoms with van der Waals surface area (Å²) in [6.45, 7) is 6.03. The first-order chi connectivity index (χ1) is 11.5. The molecule has 1 N–H and O–H groups in total. The first-order valence-electron chi connectivity index (χ1n) is 8.62. The predicted molar refractivity (Wildman–Crippen MR) is 94.1 cm³/mol. The van der Waals surface area contributed by atoms with Crippen molar-refractivity contribution < 1.29 is 9.53 Å². The molecule has 0 aliphatic heterocycles. The van der Waals surface area contributed by atoms with Crippen LogP contribution < -0.4 is 10.1 Å². The fourth-order valence-corrected chi connectivity index (χ4v) is 2.96. The fourth-order valence-electron chi connectivity index (χ4n) is 2.96. The summed E-state index contributed by atoms with van der Waals surface area (Å²) in [5.41, 5.74) is 3.64. The Bertz CT molecular complexity index is 728. The highest BCUT2D eigenvalue weighted by Gasteiger charge is 2.34. The van der Waals surface area contributed by atoms with E-state index >= 15 is 0 Å². The first-order valence-corrected chi connectivity index (χ1v) is 8.62. The van der Waals surface area contributed by atoms with Gasteiger partial charge in [0.05, 0.1) is 29.7 Å². The van der Waals surface area contributed by atoms with Gasteiger partial charge in [0.25, 0.3) is 5.91 Å². The maximum atomic E-state index is 12.7. The van der Waals surface area contributed by atoms with E-state index in [1.54, 1.807) is 7.11 Å². The van der Waals surface area contributed by atoms with E-state index in [9.17, 15) is 4.79 Å². The number of carbonyl (C=O) groups is 1. The number of ether oxygens (including phenoxy) is 1. The molecular weight excluding hydrogens is 302 g/mol. The molecule has 1 saturated carbocycles. The topological polar surface area (TPSA) is 56.2 Å². The van der Waals surface area contributed by atoms with E-state index in [0.29, 0.717) is 5.92 Å². The van der Waals surface area contributed by atoms with Crippen molar-refractivity contribution in [1.82, 2.24) is 15.1 Å². The third kappa shape index (κ3) is 3.16. The van der Waals surface area contributed by atoms with Crippen molar-refractivity contribution in [2.45, 2.75) is 52.0 Å². The number of rotatable bonds is 6. The molecule has 1 heterocycles. The lowest BCUT2D eigenvalue weighted by Crippen LogP contribution is -2.31. The van der Waals surface area contributed by atoms with Crippen LogP contribution in [-0.2, 0) is 6.42 Å². The van der Waals surface area contributed by atoms with Gasteiger partial charge in [0.2, 0.25) is 0 Å². The molecule has 24 heavy (non-hydrogen) atoms. The lowest BCUT2D eigenvalue weighted by atomic mass is 10.1. The summed E-state index contributed by atoms with van der Waals surface area (Å²) >= 11 is 0. The predicted octanol–water partition coefficient (Wildman–Crippen LogP) is 3.46. The molecule has 0 saturated heterocycles. The minimum Gasteiger partial charge on any atom is -0.497 e. The van der Waals surface area contributed by atoms with Crippen molar-refractivity contribution in [3.8, 4) is 11.4 Å². The average molecular weight is 327 g/mol. The largest absolute Gasteiger partial charge is 0.497 e. The summed E-state index contributed by atoms with van der Waals surface area (Å²) in [4.78, 5) is 12.7. The van der Waals surface area contributed by atoms with E-state index in [0.717, 1.165) is 47.7 Å². The summed E-state index contributed by atoms with van der Waals surface area (Å²) in [7, 11) is 1.65. The number of benzene rings is 1. The lowest BCUT2D eigenvalue weighted by molar-refractivity contribution is 0.0941. The molecule has 0 unspecified atom stereocenters. The Morgan fingerprint density at radius 2 is 2.00 bits per heavy atom. The molecule has 5 nitrogen and oxygen atoms in total. The summed E-state index contributed by atoms with van der Waals surface area (Å²) in [5.74, 6) is 1.22. The maximum absolute atomic E-state index is 12.7. The molecule has 0 atom stereocenters. The van der Waals surface area contributed by atoms with Gasteiger partial charge in [-0.2, -0.15) is 5.10 Å². The minimum atomic E-state index is -0.0106. The second kappa shape index (κ2) is 6.67. The molecule has 1 aliphatic carbocycles. The molecule has 1 aromatic heterocycles. The van der Waals surface area contributed by atoms with Gasteiger partial charge in [-0.3, -0.25) is 4.79 Å². The Labute approximate surface area is 143 Å². The van der Waals surface area contributed by atoms with Crippen molar-refractivity contribution in [1.29, 1.82) is 0 Å². The van der Waals surface area contributed by atoms with Gasteiger partial charge in [-0.15, -0.1) is 0 Å². The quantitative estimate of drug-likeness (QED) is 0.884. The van der Waals surface area contributed by atoms with Crippen LogP contribution in [0.1, 0.15) is 61.3 Å². The summed E-state index contributed by atoms with van der Waals surface area (Å²) in [6.07, 6.45) is 2.99. The van der Waals surface area contributed by atoms with Crippen LogP contribution in [0.3, 0.4) is 0 Å². The van der Waals surface area contributed by atoms with Crippen LogP contribution in [-0.4, -0.2) is 28.8 Å². The Kier molecular flexibility index (Phi) is 4.60. The Morgan fingerprint density at radius 1 is 1.33 bits per heavy atom. The molecule has 128 valence electrons. The molecule has 0 radical (unpaired) electrons. The molecule has 3 rings (SSSR count). The van der Waals surface area contributed by atoms with Gasteiger partial charge >= 0.3 is 0 Å². The zero-order valence-electron chi connectivity index (χ0n) is 14.8. The molecule has 5 heteroatoms. The van der Waals surface area contributed by atoms with Crippen molar-refractivity contribution >= 4 is 5.91 Å².